The summed E-state index contributed by atoms with van der Waals surface area (Å²) in [7, 11) is 1.00. The Hall–Kier alpha value is -4.23. The van der Waals surface area contributed by atoms with Crippen LogP contribution < -0.4 is 0 Å². The van der Waals surface area contributed by atoms with E-state index in [0.29, 0.717) is 12.8 Å². The second-order valence-electron chi connectivity index (χ2n) is 8.28. The van der Waals surface area contributed by atoms with Crippen LogP contribution in [0.2, 0.25) is 0 Å². The van der Waals surface area contributed by atoms with Gasteiger partial charge in [0.15, 0.2) is 0 Å². The number of aryl methyl sites for hydroxylation is 1. The number of benzene rings is 3. The van der Waals surface area contributed by atoms with Gasteiger partial charge in [-0.3, -0.25) is 4.79 Å². The molecule has 0 fully saturated rings. The van der Waals surface area contributed by atoms with Crippen molar-refractivity contribution in [1.82, 2.24) is 0 Å². The zero-order chi connectivity index (χ0) is 32.3. The van der Waals surface area contributed by atoms with Crippen LogP contribution in [0.4, 0.5) is 0 Å². The van der Waals surface area contributed by atoms with E-state index in [1.165, 1.54) is 46.1 Å². The van der Waals surface area contributed by atoms with Crippen molar-refractivity contribution in [3.05, 3.63) is 108 Å². The van der Waals surface area contributed by atoms with E-state index in [0.717, 1.165) is 37.7 Å². The molecule has 0 amide bonds. The predicted octanol–water partition coefficient (Wildman–Crippen LogP) is 6.39. The van der Waals surface area contributed by atoms with Gasteiger partial charge in [-0.1, -0.05) is 104 Å². The van der Waals surface area contributed by atoms with Crippen LogP contribution in [0.3, 0.4) is 0 Å². The van der Waals surface area contributed by atoms with Gasteiger partial charge in [0.05, 0.1) is 0 Å². The molecule has 2 N–H and O–H groups in total. The summed E-state index contributed by atoms with van der Waals surface area (Å²) in [6.45, 7) is 9.40. The van der Waals surface area contributed by atoms with Crippen molar-refractivity contribution >= 4 is 30.1 Å². The van der Waals surface area contributed by atoms with E-state index in [1.807, 2.05) is 60.7 Å². The van der Waals surface area contributed by atoms with Crippen molar-refractivity contribution in [1.29, 1.82) is 0 Å². The Morgan fingerprint density at radius 3 is 0.976 bits per heavy atom. The number of carbonyl (C=O) groups excluding carboxylic acids is 4. The first-order chi connectivity index (χ1) is 19.5. The molecule has 0 saturated carbocycles. The highest BCUT2D eigenvalue weighted by Crippen LogP contribution is 2.00. The third-order valence-electron chi connectivity index (χ3n) is 3.71. The molecule has 0 bridgehead atoms. The number of hydrogen-bond donors (Lipinski definition) is 2. The lowest BCUT2D eigenvalue weighted by molar-refractivity contribution is -0.134. The van der Waals surface area contributed by atoms with E-state index in [9.17, 15) is 19.2 Å². The Bertz CT molecular complexity index is 917. The predicted molar refractivity (Wildman–Crippen MR) is 167 cm³/mol. The zero-order valence-electron chi connectivity index (χ0n) is 25.6. The average molecular weight is 569 g/mol. The molecule has 0 aliphatic carbocycles. The van der Waals surface area contributed by atoms with Crippen LogP contribution in [0.15, 0.2) is 91.0 Å². The van der Waals surface area contributed by atoms with E-state index in [4.69, 9.17) is 15.0 Å². The van der Waals surface area contributed by atoms with Gasteiger partial charge in [0.1, 0.15) is 24.1 Å². The van der Waals surface area contributed by atoms with Gasteiger partial charge in [-0.15, -0.1) is 0 Å². The number of rotatable bonds is 6. The molecule has 0 heterocycles. The van der Waals surface area contributed by atoms with Gasteiger partial charge >= 0.3 is 0 Å². The first-order valence-electron chi connectivity index (χ1n) is 13.1. The SMILES string of the molecule is CC(=O)O.CC(C)=O.CC(C)=O.CCCc1ccccc1.CO.O=CCc1ccccc1.O=CCc1ccccc1. The van der Waals surface area contributed by atoms with Crippen LogP contribution in [-0.4, -0.2) is 47.4 Å². The number of hydrogen-bond acceptors (Lipinski definition) is 6. The third kappa shape index (κ3) is 49.3. The lowest BCUT2D eigenvalue weighted by Gasteiger charge is -1.93. The summed E-state index contributed by atoms with van der Waals surface area (Å²) in [4.78, 5) is 47.8. The van der Waals surface area contributed by atoms with Crippen molar-refractivity contribution in [2.24, 2.45) is 0 Å². The van der Waals surface area contributed by atoms with E-state index < -0.39 is 5.97 Å². The summed E-state index contributed by atoms with van der Waals surface area (Å²) >= 11 is 0. The number of aliphatic hydroxyl groups is 1. The molecular formula is C34H48O7. The van der Waals surface area contributed by atoms with Crippen molar-refractivity contribution in [3.63, 3.8) is 0 Å². The van der Waals surface area contributed by atoms with Gasteiger partial charge in [-0.05, 0) is 50.8 Å². The molecule has 3 aromatic rings. The summed E-state index contributed by atoms with van der Waals surface area (Å²) in [5, 5.41) is 14.4. The molecule has 0 unspecified atom stereocenters. The maximum Gasteiger partial charge on any atom is 0.300 e. The highest BCUT2D eigenvalue weighted by Gasteiger charge is 1.86. The summed E-state index contributed by atoms with van der Waals surface area (Å²) in [6.07, 6.45) is 5.33. The van der Waals surface area contributed by atoms with Crippen LogP contribution in [0.1, 0.15) is 64.7 Å². The quantitative estimate of drug-likeness (QED) is 0.330. The molecule has 0 aliphatic heterocycles. The molecule has 7 heteroatoms. The molecule has 0 saturated heterocycles. The topological polar surface area (TPSA) is 126 Å². The number of carboxylic acids is 1. The Morgan fingerprint density at radius 2 is 0.780 bits per heavy atom. The van der Waals surface area contributed by atoms with E-state index >= 15 is 0 Å². The highest BCUT2D eigenvalue weighted by atomic mass is 16.4. The zero-order valence-corrected chi connectivity index (χ0v) is 25.6. The number of carbonyl (C=O) groups is 5. The second kappa shape index (κ2) is 35.8. The fraction of sp³-hybridized carbons (Fsp3) is 0.324. The summed E-state index contributed by atoms with van der Waals surface area (Å²) < 4.78 is 0. The van der Waals surface area contributed by atoms with Crippen molar-refractivity contribution < 1.29 is 34.2 Å². The standard InChI is InChI=1S/C9H12.2C8H8O.2C3H6O.C2H4O2.CH4O/c1-2-6-9-7-4-3-5-8-9;2*9-7-6-8-4-2-1-3-5-8;2*1-3(2)4;1-2(3)4;1-2/h3-5,7-8H,2,6H2,1H3;2*1-5,7H,6H2;2*1-2H3;1H3,(H,3,4);2H,1H3. The van der Waals surface area contributed by atoms with Crippen molar-refractivity contribution in [2.45, 2.75) is 67.2 Å². The van der Waals surface area contributed by atoms with Crippen molar-refractivity contribution in [3.8, 4) is 0 Å². The Labute approximate surface area is 246 Å². The number of aliphatic carboxylic acids is 1. The molecule has 3 aromatic carbocycles. The van der Waals surface area contributed by atoms with E-state index in [2.05, 4.69) is 37.3 Å². The second-order valence-corrected chi connectivity index (χ2v) is 8.28. The minimum atomic E-state index is -0.833. The molecule has 0 atom stereocenters. The van der Waals surface area contributed by atoms with E-state index in [-0.39, 0.29) is 11.6 Å². The first kappa shape index (κ1) is 43.8. The summed E-state index contributed by atoms with van der Waals surface area (Å²) in [6, 6.07) is 29.9. The summed E-state index contributed by atoms with van der Waals surface area (Å²) in [5.74, 6) is -0.500. The maximum absolute atomic E-state index is 9.97. The minimum Gasteiger partial charge on any atom is -0.481 e. The smallest absolute Gasteiger partial charge is 0.300 e. The number of aldehydes is 2. The Balaban J connectivity index is -0.000000206. The van der Waals surface area contributed by atoms with Gasteiger partial charge in [0.2, 0.25) is 0 Å². The number of Topliss-reactive ketones (excluding diaryl/α,β-unsaturated/α-hetero) is 2. The van der Waals surface area contributed by atoms with Gasteiger partial charge in [0, 0.05) is 26.9 Å². The van der Waals surface area contributed by atoms with Crippen LogP contribution in [0.25, 0.3) is 0 Å². The monoisotopic (exact) mass is 568 g/mol. The third-order valence-corrected chi connectivity index (χ3v) is 3.71. The Kier molecular flexibility index (Phi) is 38.2. The average Bonchev–Trinajstić information content (AvgIpc) is 2.92. The fourth-order valence-electron chi connectivity index (χ4n) is 2.35. The van der Waals surface area contributed by atoms with Gasteiger partial charge in [-0.2, -0.15) is 0 Å². The largest absolute Gasteiger partial charge is 0.481 e. The van der Waals surface area contributed by atoms with Crippen LogP contribution in [-0.2, 0) is 43.2 Å². The maximum atomic E-state index is 9.97. The van der Waals surface area contributed by atoms with E-state index in [1.54, 1.807) is 0 Å². The van der Waals surface area contributed by atoms with Gasteiger partial charge in [0.25, 0.3) is 5.97 Å². The van der Waals surface area contributed by atoms with Gasteiger partial charge in [-0.25, -0.2) is 0 Å². The van der Waals surface area contributed by atoms with Crippen LogP contribution in [0, 0.1) is 0 Å². The molecule has 0 radical (unpaired) electrons. The molecule has 7 nitrogen and oxygen atoms in total. The van der Waals surface area contributed by atoms with Crippen LogP contribution in [0.5, 0.6) is 0 Å². The molecule has 0 aromatic heterocycles. The highest BCUT2D eigenvalue weighted by molar-refractivity contribution is 5.72. The molecule has 3 rings (SSSR count). The normalized spacial score (nSPS) is 8.00. The molecular weight excluding hydrogens is 520 g/mol. The fourth-order valence-corrected chi connectivity index (χ4v) is 2.35. The summed E-state index contributed by atoms with van der Waals surface area (Å²) in [5.41, 5.74) is 3.60. The molecule has 0 aliphatic rings. The Morgan fingerprint density at radius 1 is 0.561 bits per heavy atom. The lowest BCUT2D eigenvalue weighted by atomic mass is 10.1. The minimum absolute atomic E-state index is 0.167. The van der Waals surface area contributed by atoms with Gasteiger partial charge < -0.3 is 29.4 Å². The number of carboxylic acid groups (broad SMARTS) is 1. The molecule has 0 spiro atoms. The number of ketones is 2. The van der Waals surface area contributed by atoms with Crippen molar-refractivity contribution in [2.75, 3.05) is 7.11 Å². The molecule has 226 valence electrons. The molecule has 41 heavy (non-hydrogen) atoms. The number of aliphatic hydroxyl groups excluding tert-OH is 1. The first-order valence-corrected chi connectivity index (χ1v) is 13.1. The lowest BCUT2D eigenvalue weighted by Crippen LogP contribution is -1.82. The van der Waals surface area contributed by atoms with Crippen LogP contribution >= 0.6 is 0 Å².